The van der Waals surface area contributed by atoms with E-state index in [1.54, 1.807) is 0 Å². The smallest absolute Gasteiger partial charge is 0.192 e. The molecule has 278 valence electrons. The zero-order chi connectivity index (χ0) is 38.4. The van der Waals surface area contributed by atoms with Crippen LogP contribution in [0, 0.1) is 0 Å². The molecular formula is C14F30O2. The summed E-state index contributed by atoms with van der Waals surface area (Å²) in [5, 5.41) is 0. The summed E-state index contributed by atoms with van der Waals surface area (Å²) in [6, 6.07) is 0. The predicted molar refractivity (Wildman–Crippen MR) is 73.6 cm³/mol. The third-order valence-electron chi connectivity index (χ3n) is 4.85. The van der Waals surface area contributed by atoms with Gasteiger partial charge >= 0.3 is 83.8 Å². The maximum atomic E-state index is 13.4. The summed E-state index contributed by atoms with van der Waals surface area (Å²) in [6.07, 6.45) is -33.6. The van der Waals surface area contributed by atoms with E-state index in [0.717, 1.165) is 9.78 Å². The van der Waals surface area contributed by atoms with E-state index >= 15 is 0 Å². The fraction of sp³-hybridized carbons (Fsp3) is 1.00. The van der Waals surface area contributed by atoms with Gasteiger partial charge in [-0.05, 0) is 0 Å². The van der Waals surface area contributed by atoms with Gasteiger partial charge in [0.1, 0.15) is 0 Å². The molecule has 2 nitrogen and oxygen atoms in total. The monoisotopic (exact) mass is 770 g/mol. The highest BCUT2D eigenvalue weighted by Crippen LogP contribution is 2.65. The minimum absolute atomic E-state index is 0.932. The molecule has 0 aliphatic heterocycles. The van der Waals surface area contributed by atoms with Crippen LogP contribution in [0.3, 0.4) is 0 Å². The van der Waals surface area contributed by atoms with Gasteiger partial charge in [-0.3, -0.25) is 0 Å². The van der Waals surface area contributed by atoms with Gasteiger partial charge in [-0.15, -0.1) is 0 Å². The van der Waals surface area contributed by atoms with E-state index in [2.05, 4.69) is 0 Å². The van der Waals surface area contributed by atoms with Crippen molar-refractivity contribution >= 4 is 0 Å². The number of halogens is 30. The van der Waals surface area contributed by atoms with Gasteiger partial charge in [-0.25, -0.2) is 0 Å². The van der Waals surface area contributed by atoms with Crippen LogP contribution in [-0.4, -0.2) is 83.8 Å². The SMILES string of the molecule is FC(F)(F)C(F)(F)C(F)(F)C(F)(F)C(F)(F)C(F)(F)C(F)(F)OOC(F)(F)C(F)(F)C(F)(F)C(F)(F)C(F)(F)C(F)(F)C(F)(F)F. The Bertz CT molecular complexity index is 1000. The molecule has 0 atom stereocenters. The molecular weight excluding hydrogens is 770 g/mol. The van der Waals surface area contributed by atoms with Gasteiger partial charge in [0.25, 0.3) is 0 Å². The first-order valence-electron chi connectivity index (χ1n) is 9.24. The Morgan fingerprint density at radius 1 is 0.174 bits per heavy atom. The van der Waals surface area contributed by atoms with Crippen molar-refractivity contribution in [3.8, 4) is 0 Å². The molecule has 0 aliphatic rings. The molecule has 0 saturated carbocycles. The number of hydrogen-bond acceptors (Lipinski definition) is 2. The number of hydrogen-bond donors (Lipinski definition) is 0. The predicted octanol–water partition coefficient (Wildman–Crippen LogP) is 9.60. The Kier molecular flexibility index (Phi) is 10.2. The number of alkyl halides is 30. The summed E-state index contributed by atoms with van der Waals surface area (Å²) < 4.78 is 387. The molecule has 0 fully saturated rings. The van der Waals surface area contributed by atoms with Gasteiger partial charge in [-0.2, -0.15) is 141 Å². The van der Waals surface area contributed by atoms with Crippen molar-refractivity contribution in [1.29, 1.82) is 0 Å². The quantitative estimate of drug-likeness (QED) is 0.106. The van der Waals surface area contributed by atoms with Crippen molar-refractivity contribution in [1.82, 2.24) is 0 Å². The second-order valence-corrected chi connectivity index (χ2v) is 7.94. The van der Waals surface area contributed by atoms with Gasteiger partial charge in [0.2, 0.25) is 0 Å². The molecule has 46 heavy (non-hydrogen) atoms. The van der Waals surface area contributed by atoms with Gasteiger partial charge in [0.15, 0.2) is 0 Å². The molecule has 0 rings (SSSR count). The first kappa shape index (κ1) is 43.8. The minimum Gasteiger partial charge on any atom is -0.192 e. The Hall–Kier alpha value is -2.18. The maximum Gasteiger partial charge on any atom is 0.460 e. The Morgan fingerprint density at radius 2 is 0.304 bits per heavy atom. The molecule has 0 bridgehead atoms. The summed E-state index contributed by atoms with van der Waals surface area (Å²) in [5.74, 6) is -90.4. The third kappa shape index (κ3) is 5.47. The Morgan fingerprint density at radius 3 is 0.457 bits per heavy atom. The van der Waals surface area contributed by atoms with Crippen LogP contribution in [0.5, 0.6) is 0 Å². The molecule has 0 heterocycles. The van der Waals surface area contributed by atoms with Gasteiger partial charge in [0, 0.05) is 0 Å². The first-order chi connectivity index (χ1) is 19.2. The second kappa shape index (κ2) is 10.7. The van der Waals surface area contributed by atoms with Crippen LogP contribution in [0.15, 0.2) is 0 Å². The van der Waals surface area contributed by atoms with Crippen LogP contribution >= 0.6 is 0 Å². The largest absolute Gasteiger partial charge is 0.460 e. The van der Waals surface area contributed by atoms with E-state index < -0.39 is 83.8 Å². The van der Waals surface area contributed by atoms with E-state index in [9.17, 15) is 132 Å². The average Bonchev–Trinajstić information content (AvgIpc) is 2.80. The van der Waals surface area contributed by atoms with Crippen LogP contribution in [0.1, 0.15) is 0 Å². The van der Waals surface area contributed by atoms with E-state index in [-0.39, 0.29) is 0 Å². The van der Waals surface area contributed by atoms with Gasteiger partial charge < -0.3 is 0 Å². The van der Waals surface area contributed by atoms with Crippen molar-refractivity contribution < 1.29 is 141 Å². The highest BCUT2D eigenvalue weighted by atomic mass is 19.4. The van der Waals surface area contributed by atoms with Crippen molar-refractivity contribution in [2.75, 3.05) is 0 Å². The maximum absolute atomic E-state index is 13.4. The molecule has 0 spiro atoms. The molecule has 0 aromatic carbocycles. The summed E-state index contributed by atoms with van der Waals surface area (Å²) in [4.78, 5) is 1.86. The molecule has 32 heteroatoms. The van der Waals surface area contributed by atoms with E-state index in [4.69, 9.17) is 0 Å². The van der Waals surface area contributed by atoms with Crippen LogP contribution in [0.4, 0.5) is 132 Å². The minimum atomic E-state index is -9.26. The Labute approximate surface area is 227 Å². The lowest BCUT2D eigenvalue weighted by molar-refractivity contribution is -0.593. The highest BCUT2D eigenvalue weighted by molar-refractivity contribution is 5.13. The highest BCUT2D eigenvalue weighted by Gasteiger charge is 2.96. The van der Waals surface area contributed by atoms with E-state index in [0.29, 0.717) is 0 Å². The van der Waals surface area contributed by atoms with Crippen LogP contribution in [0.2, 0.25) is 0 Å². The Balaban J connectivity index is 6.83. The molecule has 0 saturated heterocycles. The van der Waals surface area contributed by atoms with Crippen LogP contribution in [0.25, 0.3) is 0 Å². The molecule has 0 amide bonds. The number of rotatable bonds is 13. The van der Waals surface area contributed by atoms with Crippen molar-refractivity contribution in [2.24, 2.45) is 0 Å². The topological polar surface area (TPSA) is 18.5 Å². The third-order valence-corrected chi connectivity index (χ3v) is 4.85. The fourth-order valence-corrected chi connectivity index (χ4v) is 2.11. The fourth-order valence-electron chi connectivity index (χ4n) is 2.11. The van der Waals surface area contributed by atoms with Gasteiger partial charge in [0.05, 0.1) is 0 Å². The molecule has 0 radical (unpaired) electrons. The molecule has 0 unspecified atom stereocenters. The summed E-state index contributed by atoms with van der Waals surface area (Å²) in [7, 11) is 0. The zero-order valence-electron chi connectivity index (χ0n) is 19.2. The lowest BCUT2D eigenvalue weighted by atomic mass is 9.93. The first-order valence-corrected chi connectivity index (χ1v) is 9.24. The summed E-state index contributed by atoms with van der Waals surface area (Å²) >= 11 is 0. The summed E-state index contributed by atoms with van der Waals surface area (Å²) in [5.41, 5.74) is 0. The van der Waals surface area contributed by atoms with E-state index in [1.807, 2.05) is 0 Å². The molecule has 0 aromatic rings. The van der Waals surface area contributed by atoms with E-state index in [1.165, 1.54) is 0 Å². The van der Waals surface area contributed by atoms with Crippen molar-refractivity contribution in [3.05, 3.63) is 0 Å². The summed E-state index contributed by atoms with van der Waals surface area (Å²) in [6.45, 7) is 0. The lowest BCUT2D eigenvalue weighted by Crippen LogP contribution is -2.73. The standard InChI is InChI=1S/C14F30O2/c15-1(16,3(19,20)7(27,28)11(35,36)37)5(23,24)9(31,32)13(41,42)45-46-14(43,44)10(33,34)6(25,26)2(17,18)4(21,22)8(29,30)12(38,39)40. The van der Waals surface area contributed by atoms with Gasteiger partial charge in [-0.1, -0.05) is 0 Å². The molecule has 0 N–H and O–H groups in total. The second-order valence-electron chi connectivity index (χ2n) is 7.94. The normalized spacial score (nSPS) is 17.1. The van der Waals surface area contributed by atoms with Crippen LogP contribution in [-0.2, 0) is 9.78 Å². The van der Waals surface area contributed by atoms with Crippen molar-refractivity contribution in [3.63, 3.8) is 0 Å². The average molecular weight is 770 g/mol. The van der Waals surface area contributed by atoms with Crippen LogP contribution < -0.4 is 0 Å². The van der Waals surface area contributed by atoms with Crippen molar-refractivity contribution in [2.45, 2.75) is 83.8 Å². The molecule has 0 aromatic heterocycles. The molecule has 0 aliphatic carbocycles. The lowest BCUT2D eigenvalue weighted by Gasteiger charge is -2.42. The zero-order valence-corrected chi connectivity index (χ0v) is 19.2.